The third-order valence-corrected chi connectivity index (χ3v) is 7.24. The molecule has 1 aliphatic carbocycles. The first-order valence-corrected chi connectivity index (χ1v) is 11.3. The maximum Gasteiger partial charge on any atom is 0.251 e. The van der Waals surface area contributed by atoms with Crippen molar-refractivity contribution in [3.63, 3.8) is 0 Å². The molecular weight excluding hydrogens is 376 g/mol. The van der Waals surface area contributed by atoms with Gasteiger partial charge in [0.05, 0.1) is 24.1 Å². The fraction of sp³-hybridized carbons (Fsp3) is 0.625. The van der Waals surface area contributed by atoms with Gasteiger partial charge in [-0.25, -0.2) is 0 Å². The van der Waals surface area contributed by atoms with Crippen LogP contribution in [0, 0.1) is 11.3 Å². The summed E-state index contributed by atoms with van der Waals surface area (Å²) >= 11 is 0. The highest BCUT2D eigenvalue weighted by Crippen LogP contribution is 2.39. The van der Waals surface area contributed by atoms with Crippen molar-refractivity contribution in [1.29, 1.82) is 5.26 Å². The quantitative estimate of drug-likeness (QED) is 0.754. The molecule has 0 spiro atoms. The molecule has 2 unspecified atom stereocenters. The normalized spacial score (nSPS) is 30.1. The molecule has 1 aromatic rings. The van der Waals surface area contributed by atoms with Gasteiger partial charge >= 0.3 is 0 Å². The molecule has 1 amide bonds. The van der Waals surface area contributed by atoms with E-state index in [1.807, 2.05) is 4.90 Å². The van der Waals surface area contributed by atoms with E-state index in [9.17, 15) is 10.1 Å². The number of aliphatic imine (C=N–C) groups is 1. The summed E-state index contributed by atoms with van der Waals surface area (Å²) in [7, 11) is 0. The third-order valence-electron chi connectivity index (χ3n) is 7.24. The topological polar surface area (TPSA) is 68.9 Å². The Morgan fingerprint density at radius 1 is 1.20 bits per heavy atom. The Morgan fingerprint density at radius 2 is 1.97 bits per heavy atom. The minimum absolute atomic E-state index is 0.114. The smallest absolute Gasteiger partial charge is 0.251 e. The number of hydrogen-bond donors (Lipinski definition) is 0. The Labute approximate surface area is 178 Å². The second-order valence-corrected chi connectivity index (χ2v) is 9.26. The molecule has 158 valence electrons. The zero-order chi connectivity index (χ0) is 20.6. The maximum atomic E-state index is 12.6. The van der Waals surface area contributed by atoms with Crippen LogP contribution in [-0.4, -0.2) is 71.9 Å². The number of amides is 1. The Morgan fingerprint density at radius 3 is 2.63 bits per heavy atom. The summed E-state index contributed by atoms with van der Waals surface area (Å²) < 4.78 is 5.56. The summed E-state index contributed by atoms with van der Waals surface area (Å²) in [5.74, 6) is 0.640. The molecule has 0 aromatic heterocycles. The van der Waals surface area contributed by atoms with E-state index in [1.54, 1.807) is 0 Å². The van der Waals surface area contributed by atoms with Gasteiger partial charge in [0.15, 0.2) is 0 Å². The average Bonchev–Trinajstić information content (AvgIpc) is 3.29. The van der Waals surface area contributed by atoms with Crippen molar-refractivity contribution in [2.75, 3.05) is 32.8 Å². The fourth-order valence-electron chi connectivity index (χ4n) is 5.36. The van der Waals surface area contributed by atoms with Gasteiger partial charge in [0, 0.05) is 44.4 Å². The van der Waals surface area contributed by atoms with Crippen LogP contribution in [0.4, 0.5) is 0 Å². The van der Waals surface area contributed by atoms with Crippen molar-refractivity contribution in [2.24, 2.45) is 4.99 Å². The summed E-state index contributed by atoms with van der Waals surface area (Å²) in [5, 5.41) is 9.42. The molecule has 3 aliphatic heterocycles. The largest absolute Gasteiger partial charge is 0.368 e. The molecule has 0 radical (unpaired) electrons. The first-order chi connectivity index (χ1) is 14.7. The van der Waals surface area contributed by atoms with E-state index in [0.29, 0.717) is 38.1 Å². The maximum absolute atomic E-state index is 12.6. The minimum Gasteiger partial charge on any atom is -0.368 e. The van der Waals surface area contributed by atoms with Crippen LogP contribution in [0.5, 0.6) is 0 Å². The zero-order valence-corrected chi connectivity index (χ0v) is 17.5. The summed E-state index contributed by atoms with van der Waals surface area (Å²) in [4.78, 5) is 22.0. The average molecular weight is 407 g/mol. The van der Waals surface area contributed by atoms with E-state index < -0.39 is 0 Å². The van der Waals surface area contributed by atoms with Crippen molar-refractivity contribution in [3.05, 3.63) is 35.9 Å². The van der Waals surface area contributed by atoms with E-state index in [1.165, 1.54) is 11.3 Å². The highest BCUT2D eigenvalue weighted by atomic mass is 16.5. The number of piperidine rings is 1. The van der Waals surface area contributed by atoms with E-state index in [4.69, 9.17) is 9.73 Å². The lowest BCUT2D eigenvalue weighted by molar-refractivity contribution is -0.157. The second-order valence-electron chi connectivity index (χ2n) is 9.26. The lowest BCUT2D eigenvalue weighted by Gasteiger charge is -2.56. The lowest BCUT2D eigenvalue weighted by atomic mass is 9.82. The van der Waals surface area contributed by atoms with Crippen LogP contribution in [0.2, 0.25) is 0 Å². The van der Waals surface area contributed by atoms with Gasteiger partial charge in [-0.15, -0.1) is 0 Å². The van der Waals surface area contributed by atoms with Crippen molar-refractivity contribution in [3.8, 4) is 6.07 Å². The number of nitrogens with zero attached hydrogens (tertiary/aromatic N) is 4. The first kappa shape index (κ1) is 19.7. The van der Waals surface area contributed by atoms with Gasteiger partial charge in [0.1, 0.15) is 6.10 Å². The number of carbonyl (C=O) groups excluding carboxylic acids is 1. The predicted octanol–water partition coefficient (Wildman–Crippen LogP) is 2.75. The van der Waals surface area contributed by atoms with Crippen LogP contribution in [0.15, 0.2) is 35.3 Å². The summed E-state index contributed by atoms with van der Waals surface area (Å²) in [6.07, 6.45) is 5.20. The number of nitriles is 1. The van der Waals surface area contributed by atoms with Gasteiger partial charge in [0.25, 0.3) is 5.91 Å². The molecule has 3 saturated heterocycles. The van der Waals surface area contributed by atoms with Crippen LogP contribution in [0.3, 0.4) is 0 Å². The number of likely N-dealkylation sites (tertiary alicyclic amines) is 2. The number of hydrogen-bond acceptors (Lipinski definition) is 5. The number of benzene rings is 1. The number of ether oxygens (including phenoxy) is 1. The second kappa shape index (κ2) is 8.13. The highest BCUT2D eigenvalue weighted by molar-refractivity contribution is 6.06. The molecule has 6 nitrogen and oxygen atoms in total. The molecule has 5 rings (SSSR count). The monoisotopic (exact) mass is 406 g/mol. The van der Waals surface area contributed by atoms with E-state index in [2.05, 4.69) is 41.3 Å². The van der Waals surface area contributed by atoms with Crippen molar-refractivity contribution in [1.82, 2.24) is 9.80 Å². The van der Waals surface area contributed by atoms with Gasteiger partial charge in [-0.05, 0) is 37.7 Å². The van der Waals surface area contributed by atoms with E-state index in [0.717, 1.165) is 45.2 Å². The van der Waals surface area contributed by atoms with Crippen LogP contribution >= 0.6 is 0 Å². The van der Waals surface area contributed by atoms with Crippen LogP contribution in [-0.2, 0) is 9.53 Å². The standard InChI is InChI=1S/C24H30N4O2/c25-11-10-24(16-27(17-24)23(29)22-7-4-14-30-22)28-12-8-19(9-13-28)26-21-15-20(21)18-5-2-1-3-6-18/h1-3,5-6,19-20,22H,4,7-10,12-17H2. The van der Waals surface area contributed by atoms with Crippen LogP contribution in [0.1, 0.15) is 50.0 Å². The molecule has 3 heterocycles. The molecule has 30 heavy (non-hydrogen) atoms. The van der Waals surface area contributed by atoms with E-state index >= 15 is 0 Å². The number of rotatable bonds is 5. The van der Waals surface area contributed by atoms with Crippen LogP contribution < -0.4 is 0 Å². The van der Waals surface area contributed by atoms with Crippen molar-refractivity contribution >= 4 is 11.6 Å². The highest BCUT2D eigenvalue weighted by Gasteiger charge is 2.51. The molecule has 4 fully saturated rings. The third kappa shape index (κ3) is 3.77. The number of carbonyl (C=O) groups is 1. The van der Waals surface area contributed by atoms with Gasteiger partial charge in [-0.1, -0.05) is 30.3 Å². The molecular formula is C24H30N4O2. The zero-order valence-electron chi connectivity index (χ0n) is 17.5. The molecule has 0 bridgehead atoms. The molecule has 1 saturated carbocycles. The van der Waals surface area contributed by atoms with Crippen molar-refractivity contribution in [2.45, 2.75) is 62.1 Å². The van der Waals surface area contributed by atoms with Gasteiger partial charge < -0.3 is 9.64 Å². The Balaban J connectivity index is 1.15. The van der Waals surface area contributed by atoms with Crippen molar-refractivity contribution < 1.29 is 9.53 Å². The van der Waals surface area contributed by atoms with Gasteiger partial charge in [-0.3, -0.25) is 14.7 Å². The molecule has 2 atom stereocenters. The lowest BCUT2D eigenvalue weighted by Crippen LogP contribution is -2.72. The van der Waals surface area contributed by atoms with E-state index in [-0.39, 0.29) is 17.6 Å². The first-order valence-electron chi connectivity index (χ1n) is 11.3. The molecule has 4 aliphatic rings. The van der Waals surface area contributed by atoms with Crippen LogP contribution in [0.25, 0.3) is 0 Å². The predicted molar refractivity (Wildman–Crippen MR) is 114 cm³/mol. The molecule has 0 N–H and O–H groups in total. The van der Waals surface area contributed by atoms with Gasteiger partial charge in [-0.2, -0.15) is 5.26 Å². The summed E-state index contributed by atoms with van der Waals surface area (Å²) in [6, 6.07) is 13.4. The molecule has 6 heteroatoms. The summed E-state index contributed by atoms with van der Waals surface area (Å²) in [6.45, 7) is 3.93. The minimum atomic E-state index is -0.261. The summed E-state index contributed by atoms with van der Waals surface area (Å²) in [5.41, 5.74) is 2.56. The molecule has 1 aromatic carbocycles. The Kier molecular flexibility index (Phi) is 5.34. The SMILES string of the molecule is N#CCC1(N2CCC(N=C3CC3c3ccccc3)CC2)CN(C(=O)C2CCCO2)C1. The fourth-order valence-corrected chi connectivity index (χ4v) is 5.36. The Hall–Kier alpha value is -2.23. The van der Waals surface area contributed by atoms with Gasteiger partial charge in [0.2, 0.25) is 0 Å². The Bertz CT molecular complexity index is 842.